The van der Waals surface area contributed by atoms with E-state index in [4.69, 9.17) is 0 Å². The van der Waals surface area contributed by atoms with Crippen molar-refractivity contribution in [2.45, 2.75) is 26.7 Å². The van der Waals surface area contributed by atoms with Crippen molar-refractivity contribution >= 4 is 0 Å². The van der Waals surface area contributed by atoms with Gasteiger partial charge in [-0.1, -0.05) is 18.2 Å². The Kier molecular flexibility index (Phi) is 3.52. The van der Waals surface area contributed by atoms with Gasteiger partial charge in [0.1, 0.15) is 5.82 Å². The lowest BCUT2D eigenvalue weighted by Crippen LogP contribution is -1.94. The van der Waals surface area contributed by atoms with E-state index >= 15 is 0 Å². The summed E-state index contributed by atoms with van der Waals surface area (Å²) in [4.78, 5) is 4.25. The molecule has 0 aliphatic carbocycles. The zero-order valence-electron chi connectivity index (χ0n) is 10.2. The van der Waals surface area contributed by atoms with Crippen LogP contribution in [0.15, 0.2) is 36.5 Å². The van der Waals surface area contributed by atoms with E-state index < -0.39 is 0 Å². The summed E-state index contributed by atoms with van der Waals surface area (Å²) in [5.41, 5.74) is 3.95. The van der Waals surface area contributed by atoms with Crippen molar-refractivity contribution in [2.24, 2.45) is 0 Å². The molecule has 0 radical (unpaired) electrons. The molecular formula is C15H16FN. The molecule has 0 spiro atoms. The lowest BCUT2D eigenvalue weighted by atomic mass is 10.0. The summed E-state index contributed by atoms with van der Waals surface area (Å²) < 4.78 is 13.3. The van der Waals surface area contributed by atoms with Gasteiger partial charge in [-0.3, -0.25) is 4.98 Å². The Morgan fingerprint density at radius 2 is 1.71 bits per heavy atom. The Hall–Kier alpha value is -1.70. The highest BCUT2D eigenvalue weighted by molar-refractivity contribution is 5.24. The van der Waals surface area contributed by atoms with Crippen LogP contribution in [0.2, 0.25) is 0 Å². The zero-order chi connectivity index (χ0) is 12.3. The number of pyridine rings is 1. The van der Waals surface area contributed by atoms with E-state index in [9.17, 15) is 4.39 Å². The van der Waals surface area contributed by atoms with E-state index in [2.05, 4.69) is 11.1 Å². The van der Waals surface area contributed by atoms with Crippen LogP contribution in [0.3, 0.4) is 0 Å². The van der Waals surface area contributed by atoms with Gasteiger partial charge in [0.15, 0.2) is 0 Å². The van der Waals surface area contributed by atoms with Crippen molar-refractivity contribution in [3.63, 3.8) is 0 Å². The molecule has 2 heteroatoms. The molecule has 88 valence electrons. The van der Waals surface area contributed by atoms with Crippen LogP contribution in [-0.2, 0) is 12.8 Å². The van der Waals surface area contributed by atoms with Gasteiger partial charge in [-0.15, -0.1) is 0 Å². The molecule has 2 rings (SSSR count). The summed E-state index contributed by atoms with van der Waals surface area (Å²) >= 11 is 0. The quantitative estimate of drug-likeness (QED) is 0.783. The standard InChI is InChI=1S/C15H16FN/c1-11-3-5-13(9-15(11)16)7-8-14-6-4-12(2)17-10-14/h3-6,9-10H,7-8H2,1-2H3. The van der Waals surface area contributed by atoms with Gasteiger partial charge in [0.05, 0.1) is 0 Å². The van der Waals surface area contributed by atoms with E-state index in [0.717, 1.165) is 24.1 Å². The molecule has 1 aromatic carbocycles. The van der Waals surface area contributed by atoms with Crippen LogP contribution in [-0.4, -0.2) is 4.98 Å². The number of aryl methyl sites for hydroxylation is 4. The lowest BCUT2D eigenvalue weighted by Gasteiger charge is -2.04. The van der Waals surface area contributed by atoms with Crippen molar-refractivity contribution in [2.75, 3.05) is 0 Å². The molecule has 0 saturated heterocycles. The molecule has 2 aromatic rings. The van der Waals surface area contributed by atoms with Gasteiger partial charge in [-0.25, -0.2) is 4.39 Å². The van der Waals surface area contributed by atoms with Crippen LogP contribution < -0.4 is 0 Å². The largest absolute Gasteiger partial charge is 0.261 e. The van der Waals surface area contributed by atoms with Gasteiger partial charge in [-0.05, 0) is 55.5 Å². The fourth-order valence-corrected chi connectivity index (χ4v) is 1.73. The second-order valence-corrected chi connectivity index (χ2v) is 4.39. The van der Waals surface area contributed by atoms with Gasteiger partial charge >= 0.3 is 0 Å². The molecule has 0 unspecified atom stereocenters. The van der Waals surface area contributed by atoms with Gasteiger partial charge in [0.25, 0.3) is 0 Å². The first-order valence-electron chi connectivity index (χ1n) is 5.82. The zero-order valence-corrected chi connectivity index (χ0v) is 10.2. The summed E-state index contributed by atoms with van der Waals surface area (Å²) in [6.07, 6.45) is 3.64. The number of hydrogen-bond acceptors (Lipinski definition) is 1. The minimum absolute atomic E-state index is 0.121. The smallest absolute Gasteiger partial charge is 0.126 e. The molecule has 0 atom stereocenters. The van der Waals surface area contributed by atoms with Crippen molar-refractivity contribution in [3.8, 4) is 0 Å². The molecule has 1 aromatic heterocycles. The SMILES string of the molecule is Cc1ccc(CCc2ccc(C)c(F)c2)cn1. The number of halogens is 1. The van der Waals surface area contributed by atoms with Crippen LogP contribution in [0.4, 0.5) is 4.39 Å². The fourth-order valence-electron chi connectivity index (χ4n) is 1.73. The lowest BCUT2D eigenvalue weighted by molar-refractivity contribution is 0.616. The second kappa shape index (κ2) is 5.09. The molecule has 0 N–H and O–H groups in total. The molecule has 1 nitrogen and oxygen atoms in total. The molecule has 1 heterocycles. The van der Waals surface area contributed by atoms with Gasteiger partial charge in [-0.2, -0.15) is 0 Å². The molecule has 0 aliphatic heterocycles. The van der Waals surface area contributed by atoms with Gasteiger partial charge < -0.3 is 0 Å². The Morgan fingerprint density at radius 3 is 2.35 bits per heavy atom. The molecule has 0 amide bonds. The van der Waals surface area contributed by atoms with Crippen LogP contribution in [0.25, 0.3) is 0 Å². The number of aromatic nitrogens is 1. The first-order valence-corrected chi connectivity index (χ1v) is 5.82. The highest BCUT2D eigenvalue weighted by atomic mass is 19.1. The average Bonchev–Trinajstić information content (AvgIpc) is 2.33. The van der Waals surface area contributed by atoms with E-state index in [1.165, 1.54) is 5.56 Å². The van der Waals surface area contributed by atoms with Crippen molar-refractivity contribution in [3.05, 3.63) is 64.7 Å². The van der Waals surface area contributed by atoms with Crippen LogP contribution >= 0.6 is 0 Å². The molecular weight excluding hydrogens is 213 g/mol. The van der Waals surface area contributed by atoms with Crippen LogP contribution in [0, 0.1) is 19.7 Å². The maximum Gasteiger partial charge on any atom is 0.126 e. The maximum atomic E-state index is 13.3. The summed E-state index contributed by atoms with van der Waals surface area (Å²) in [6, 6.07) is 9.52. The molecule has 0 saturated carbocycles. The first-order chi connectivity index (χ1) is 8.15. The minimum atomic E-state index is -0.121. The third-order valence-corrected chi connectivity index (χ3v) is 2.91. The van der Waals surface area contributed by atoms with Crippen LogP contribution in [0.1, 0.15) is 22.4 Å². The Morgan fingerprint density at radius 1 is 1.00 bits per heavy atom. The second-order valence-electron chi connectivity index (χ2n) is 4.39. The molecule has 0 aliphatic rings. The summed E-state index contributed by atoms with van der Waals surface area (Å²) in [7, 11) is 0. The number of nitrogens with zero attached hydrogens (tertiary/aromatic N) is 1. The van der Waals surface area contributed by atoms with Gasteiger partial charge in [0.2, 0.25) is 0 Å². The first kappa shape index (κ1) is 11.8. The minimum Gasteiger partial charge on any atom is -0.261 e. The normalized spacial score (nSPS) is 10.5. The molecule has 17 heavy (non-hydrogen) atoms. The molecule has 0 bridgehead atoms. The van der Waals surface area contributed by atoms with Crippen molar-refractivity contribution < 1.29 is 4.39 Å². The Balaban J connectivity index is 2.02. The monoisotopic (exact) mass is 229 g/mol. The maximum absolute atomic E-state index is 13.3. The third-order valence-electron chi connectivity index (χ3n) is 2.91. The predicted octanol–water partition coefficient (Wildman–Crippen LogP) is 3.62. The third kappa shape index (κ3) is 3.13. The Labute approximate surface area is 101 Å². The van der Waals surface area contributed by atoms with E-state index in [-0.39, 0.29) is 5.82 Å². The fraction of sp³-hybridized carbons (Fsp3) is 0.267. The topological polar surface area (TPSA) is 12.9 Å². The predicted molar refractivity (Wildman–Crippen MR) is 67.5 cm³/mol. The van der Waals surface area contributed by atoms with Crippen molar-refractivity contribution in [1.29, 1.82) is 0 Å². The number of benzene rings is 1. The van der Waals surface area contributed by atoms with E-state index in [1.807, 2.05) is 31.3 Å². The summed E-state index contributed by atoms with van der Waals surface area (Å²) in [6.45, 7) is 3.75. The average molecular weight is 229 g/mol. The number of hydrogen-bond donors (Lipinski definition) is 0. The van der Waals surface area contributed by atoms with Crippen molar-refractivity contribution in [1.82, 2.24) is 4.98 Å². The summed E-state index contributed by atoms with van der Waals surface area (Å²) in [5.74, 6) is -0.121. The van der Waals surface area contributed by atoms with E-state index in [1.54, 1.807) is 13.0 Å². The Bertz CT molecular complexity index is 503. The van der Waals surface area contributed by atoms with E-state index in [0.29, 0.717) is 5.56 Å². The van der Waals surface area contributed by atoms with Crippen LogP contribution in [0.5, 0.6) is 0 Å². The highest BCUT2D eigenvalue weighted by Crippen LogP contribution is 2.12. The summed E-state index contributed by atoms with van der Waals surface area (Å²) in [5, 5.41) is 0. The highest BCUT2D eigenvalue weighted by Gasteiger charge is 2.00. The number of rotatable bonds is 3. The van der Waals surface area contributed by atoms with Gasteiger partial charge in [0, 0.05) is 11.9 Å². The molecule has 0 fully saturated rings.